The lowest BCUT2D eigenvalue weighted by atomic mass is 9.79. The molecule has 1 spiro atoms. The van der Waals surface area contributed by atoms with Gasteiger partial charge < -0.3 is 0 Å². The van der Waals surface area contributed by atoms with Crippen molar-refractivity contribution in [1.82, 2.24) is 9.47 Å². The number of carbonyl (C=O) groups excluding carboxylic acids is 1. The molecular formula is C17H18N2O. The van der Waals surface area contributed by atoms with Crippen LogP contribution in [-0.4, -0.2) is 28.5 Å². The highest BCUT2D eigenvalue weighted by atomic mass is 16.2. The third-order valence-electron chi connectivity index (χ3n) is 5.68. The molecular weight excluding hydrogens is 248 g/mol. The van der Waals surface area contributed by atoms with Gasteiger partial charge in [-0.1, -0.05) is 18.2 Å². The first-order valence-corrected chi connectivity index (χ1v) is 7.72. The van der Waals surface area contributed by atoms with Crippen LogP contribution >= 0.6 is 0 Å². The molecule has 1 aromatic heterocycles. The normalized spacial score (nSPS) is 28.7. The highest BCUT2D eigenvalue weighted by molar-refractivity contribution is 5.97. The van der Waals surface area contributed by atoms with Crippen LogP contribution in [0.5, 0.6) is 0 Å². The maximum absolute atomic E-state index is 12.5. The van der Waals surface area contributed by atoms with Gasteiger partial charge in [0.2, 0.25) is 5.91 Å². The minimum atomic E-state index is 0.167. The fourth-order valence-corrected chi connectivity index (χ4v) is 4.91. The van der Waals surface area contributed by atoms with Crippen LogP contribution in [0.25, 0.3) is 10.9 Å². The Morgan fingerprint density at radius 1 is 1.05 bits per heavy atom. The summed E-state index contributed by atoms with van der Waals surface area (Å²) < 4.78 is 2.06. The second-order valence-electron chi connectivity index (χ2n) is 6.45. The van der Waals surface area contributed by atoms with E-state index >= 15 is 0 Å². The zero-order valence-corrected chi connectivity index (χ0v) is 11.6. The molecule has 102 valence electrons. The van der Waals surface area contributed by atoms with Gasteiger partial charge in [-0.3, -0.25) is 14.3 Å². The number of nitrogens with zero attached hydrogens (tertiary/aromatic N) is 2. The zero-order chi connectivity index (χ0) is 13.3. The highest BCUT2D eigenvalue weighted by Crippen LogP contribution is 2.51. The highest BCUT2D eigenvalue weighted by Gasteiger charge is 2.51. The molecule has 1 unspecified atom stereocenters. The topological polar surface area (TPSA) is 25.2 Å². The molecule has 5 rings (SSSR count). The van der Waals surface area contributed by atoms with E-state index in [0.29, 0.717) is 12.3 Å². The largest absolute Gasteiger partial charge is 0.292 e. The number of hydrogen-bond donors (Lipinski definition) is 0. The van der Waals surface area contributed by atoms with Crippen LogP contribution in [0.2, 0.25) is 0 Å². The summed E-state index contributed by atoms with van der Waals surface area (Å²) in [5, 5.41) is 1.31. The number of hydrogen-bond acceptors (Lipinski definition) is 2. The van der Waals surface area contributed by atoms with E-state index in [1.54, 1.807) is 0 Å². The summed E-state index contributed by atoms with van der Waals surface area (Å²) in [6, 6.07) is 8.46. The Morgan fingerprint density at radius 2 is 1.95 bits per heavy atom. The summed E-state index contributed by atoms with van der Waals surface area (Å²) in [5.41, 5.74) is 4.10. The monoisotopic (exact) mass is 266 g/mol. The summed E-state index contributed by atoms with van der Waals surface area (Å²) in [5.74, 6) is 0.293. The number of aromatic nitrogens is 1. The van der Waals surface area contributed by atoms with Crippen LogP contribution in [0.15, 0.2) is 24.3 Å². The first-order chi connectivity index (χ1) is 9.81. The maximum Gasteiger partial charge on any atom is 0.231 e. The van der Waals surface area contributed by atoms with Crippen LogP contribution < -0.4 is 0 Å². The number of fused-ring (bicyclic) bond motifs is 3. The Balaban J connectivity index is 1.95. The van der Waals surface area contributed by atoms with Crippen LogP contribution in [0, 0.1) is 0 Å². The molecule has 3 aliphatic rings. The molecule has 0 radical (unpaired) electrons. The Bertz CT molecular complexity index is 745. The fraction of sp³-hybridized carbons (Fsp3) is 0.471. The van der Waals surface area contributed by atoms with Crippen molar-refractivity contribution >= 4 is 16.8 Å². The second kappa shape index (κ2) is 3.53. The number of rotatable bonds is 0. The summed E-state index contributed by atoms with van der Waals surface area (Å²) >= 11 is 0. The van der Waals surface area contributed by atoms with E-state index in [1.165, 1.54) is 36.0 Å². The van der Waals surface area contributed by atoms with Gasteiger partial charge in [-0.2, -0.15) is 0 Å². The molecule has 20 heavy (non-hydrogen) atoms. The van der Waals surface area contributed by atoms with Crippen molar-refractivity contribution in [1.29, 1.82) is 0 Å². The van der Waals surface area contributed by atoms with E-state index in [0.717, 1.165) is 24.9 Å². The van der Waals surface area contributed by atoms with Gasteiger partial charge in [0.15, 0.2) is 0 Å². The van der Waals surface area contributed by atoms with Gasteiger partial charge in [-0.15, -0.1) is 0 Å². The lowest BCUT2D eigenvalue weighted by Crippen LogP contribution is -2.50. The quantitative estimate of drug-likeness (QED) is 0.732. The third kappa shape index (κ3) is 1.10. The minimum absolute atomic E-state index is 0.167. The van der Waals surface area contributed by atoms with Crippen molar-refractivity contribution in [3.8, 4) is 0 Å². The Labute approximate surface area is 118 Å². The summed E-state index contributed by atoms with van der Waals surface area (Å²) in [7, 11) is 0. The molecule has 1 atom stereocenters. The average Bonchev–Trinajstić information content (AvgIpc) is 3.04. The average molecular weight is 266 g/mol. The van der Waals surface area contributed by atoms with Gasteiger partial charge in [0.1, 0.15) is 0 Å². The van der Waals surface area contributed by atoms with Crippen LogP contribution in [0.4, 0.5) is 0 Å². The Morgan fingerprint density at radius 3 is 2.90 bits per heavy atom. The molecule has 1 fully saturated rings. The lowest BCUT2D eigenvalue weighted by molar-refractivity contribution is 0.0643. The predicted molar refractivity (Wildman–Crippen MR) is 78.0 cm³/mol. The number of benzene rings is 1. The lowest BCUT2D eigenvalue weighted by Gasteiger charge is -2.45. The molecule has 2 aromatic rings. The zero-order valence-electron chi connectivity index (χ0n) is 11.6. The first kappa shape index (κ1) is 11.1. The second-order valence-corrected chi connectivity index (χ2v) is 6.45. The Hall–Kier alpha value is -1.61. The van der Waals surface area contributed by atoms with Crippen molar-refractivity contribution < 1.29 is 4.79 Å². The number of carbonyl (C=O) groups is 1. The van der Waals surface area contributed by atoms with Crippen LogP contribution in [0.3, 0.4) is 0 Å². The standard InChI is InChI=1S/C17H18N2O/c20-15-6-9-17-8-3-10-18(17)11-7-13-12-4-1-2-5-14(12)19(15)16(13)17/h1-2,4-5H,3,6-11H2. The van der Waals surface area contributed by atoms with Gasteiger partial charge in [-0.25, -0.2) is 0 Å². The summed E-state index contributed by atoms with van der Waals surface area (Å²) in [4.78, 5) is 15.2. The van der Waals surface area contributed by atoms with Crippen molar-refractivity contribution in [2.24, 2.45) is 0 Å². The molecule has 3 heteroatoms. The predicted octanol–water partition coefficient (Wildman–Crippen LogP) is 2.92. The Kier molecular flexibility index (Phi) is 1.96. The molecule has 0 amide bonds. The van der Waals surface area contributed by atoms with Gasteiger partial charge in [0.25, 0.3) is 0 Å². The molecule has 0 bridgehead atoms. The van der Waals surface area contributed by atoms with Gasteiger partial charge >= 0.3 is 0 Å². The number of para-hydroxylation sites is 1. The van der Waals surface area contributed by atoms with E-state index < -0.39 is 0 Å². The molecule has 0 N–H and O–H groups in total. The molecule has 0 saturated carbocycles. The van der Waals surface area contributed by atoms with E-state index in [1.807, 2.05) is 0 Å². The van der Waals surface area contributed by atoms with E-state index in [-0.39, 0.29) is 5.54 Å². The minimum Gasteiger partial charge on any atom is -0.292 e. The summed E-state index contributed by atoms with van der Waals surface area (Å²) in [6.07, 6.45) is 5.31. The van der Waals surface area contributed by atoms with Gasteiger partial charge in [0, 0.05) is 18.4 Å². The van der Waals surface area contributed by atoms with Crippen LogP contribution in [-0.2, 0) is 12.0 Å². The molecule has 3 aliphatic heterocycles. The van der Waals surface area contributed by atoms with Crippen molar-refractivity contribution in [3.05, 3.63) is 35.5 Å². The van der Waals surface area contributed by atoms with E-state index in [4.69, 9.17) is 0 Å². The first-order valence-electron chi connectivity index (χ1n) is 7.72. The summed E-state index contributed by atoms with van der Waals surface area (Å²) in [6.45, 7) is 2.37. The van der Waals surface area contributed by atoms with Crippen molar-refractivity contribution in [3.63, 3.8) is 0 Å². The smallest absolute Gasteiger partial charge is 0.231 e. The SMILES string of the molecule is O=C1CCC23CCCN2CCc2c3n1c1ccccc21. The van der Waals surface area contributed by atoms with E-state index in [9.17, 15) is 4.79 Å². The van der Waals surface area contributed by atoms with Crippen molar-refractivity contribution in [2.45, 2.75) is 37.6 Å². The molecule has 1 aromatic carbocycles. The molecule has 4 heterocycles. The molecule has 3 nitrogen and oxygen atoms in total. The fourth-order valence-electron chi connectivity index (χ4n) is 4.91. The molecule has 1 saturated heterocycles. The van der Waals surface area contributed by atoms with Crippen molar-refractivity contribution in [2.75, 3.05) is 13.1 Å². The maximum atomic E-state index is 12.5. The van der Waals surface area contributed by atoms with Gasteiger partial charge in [-0.05, 0) is 43.9 Å². The van der Waals surface area contributed by atoms with E-state index in [2.05, 4.69) is 33.7 Å². The third-order valence-corrected chi connectivity index (χ3v) is 5.68. The van der Waals surface area contributed by atoms with Gasteiger partial charge in [0.05, 0.1) is 16.7 Å². The van der Waals surface area contributed by atoms with Crippen LogP contribution in [0.1, 0.15) is 41.7 Å². The molecule has 0 aliphatic carbocycles.